The minimum atomic E-state index is -0.401. The number of ether oxygens (including phenoxy) is 1. The summed E-state index contributed by atoms with van der Waals surface area (Å²) in [4.78, 5) is 21.7. The van der Waals surface area contributed by atoms with Crippen LogP contribution in [0.1, 0.15) is 13.8 Å². The molecule has 1 amide bonds. The maximum Gasteiger partial charge on any atom is 0.339 e. The van der Waals surface area contributed by atoms with Crippen LogP contribution in [0.5, 0.6) is 0 Å². The van der Waals surface area contributed by atoms with Gasteiger partial charge in [-0.15, -0.1) is 0 Å². The van der Waals surface area contributed by atoms with E-state index in [9.17, 15) is 9.59 Å². The molecule has 1 atom stereocenters. The average Bonchev–Trinajstić information content (AvgIpc) is 2.22. The van der Waals surface area contributed by atoms with Crippen LogP contribution >= 0.6 is 0 Å². The molecule has 1 aliphatic heterocycles. The zero-order valence-corrected chi connectivity index (χ0v) is 8.74. The molecule has 1 unspecified atom stereocenters. The Morgan fingerprint density at radius 3 is 3.07 bits per heavy atom. The lowest BCUT2D eigenvalue weighted by Crippen LogP contribution is -2.34. The van der Waals surface area contributed by atoms with Gasteiger partial charge in [0.1, 0.15) is 0 Å². The molecule has 0 radical (unpaired) electrons. The van der Waals surface area contributed by atoms with Crippen molar-refractivity contribution in [3.05, 3.63) is 23.5 Å². The highest BCUT2D eigenvalue weighted by Gasteiger charge is 2.17. The van der Waals surface area contributed by atoms with Crippen LogP contribution in [0.3, 0.4) is 0 Å². The molecule has 0 aromatic rings. The number of rotatable bonds is 4. The van der Waals surface area contributed by atoms with Crippen molar-refractivity contribution in [3.63, 3.8) is 0 Å². The molecule has 0 aromatic heterocycles. The second kappa shape index (κ2) is 5.19. The van der Waals surface area contributed by atoms with Crippen molar-refractivity contribution in [3.8, 4) is 0 Å². The summed E-state index contributed by atoms with van der Waals surface area (Å²) < 4.78 is 4.84. The molecule has 0 aliphatic carbocycles. The van der Waals surface area contributed by atoms with E-state index in [0.29, 0.717) is 24.3 Å². The summed E-state index contributed by atoms with van der Waals surface area (Å²) in [7, 11) is 0. The lowest BCUT2D eigenvalue weighted by molar-refractivity contribution is -0.138. The second-order valence-corrected chi connectivity index (χ2v) is 3.07. The van der Waals surface area contributed by atoms with Crippen molar-refractivity contribution >= 4 is 12.4 Å². The van der Waals surface area contributed by atoms with Crippen molar-refractivity contribution in [1.82, 2.24) is 10.6 Å². The van der Waals surface area contributed by atoms with Crippen molar-refractivity contribution in [1.29, 1.82) is 0 Å². The molecule has 1 rings (SSSR count). The summed E-state index contributed by atoms with van der Waals surface area (Å²) in [6, 6.07) is -0.0200. The Bertz CT molecular complexity index is 321. The highest BCUT2D eigenvalue weighted by atomic mass is 16.5. The fraction of sp³-hybridized carbons (Fsp3) is 0.400. The van der Waals surface area contributed by atoms with Gasteiger partial charge in [0.2, 0.25) is 6.41 Å². The third kappa shape index (κ3) is 2.83. The standard InChI is InChI=1S/C10H14N2O3/c1-3-15-10(14)8-4-9(12-6-13)7(2)11-5-8/h4-7,11H,3H2,1-2H3,(H,12,13). The molecule has 2 N–H and O–H groups in total. The number of esters is 1. The molecule has 0 aromatic carbocycles. The maximum absolute atomic E-state index is 11.4. The van der Waals surface area contributed by atoms with Crippen LogP contribution < -0.4 is 10.6 Å². The minimum Gasteiger partial charge on any atom is -0.462 e. The van der Waals surface area contributed by atoms with Crippen LogP contribution in [0.2, 0.25) is 0 Å². The molecule has 1 aliphatic rings. The molecule has 0 saturated heterocycles. The van der Waals surface area contributed by atoms with Gasteiger partial charge in [0, 0.05) is 11.9 Å². The number of carbonyl (C=O) groups excluding carboxylic acids is 2. The van der Waals surface area contributed by atoms with Crippen molar-refractivity contribution in [2.24, 2.45) is 0 Å². The molecule has 0 bridgehead atoms. The average molecular weight is 210 g/mol. The quantitative estimate of drug-likeness (QED) is 0.508. The number of hydrogen-bond donors (Lipinski definition) is 2. The monoisotopic (exact) mass is 210 g/mol. The Hall–Kier alpha value is -1.78. The molecule has 5 nitrogen and oxygen atoms in total. The van der Waals surface area contributed by atoms with Crippen LogP contribution in [0, 0.1) is 0 Å². The van der Waals surface area contributed by atoms with E-state index in [1.54, 1.807) is 19.2 Å². The Morgan fingerprint density at radius 2 is 2.47 bits per heavy atom. The number of nitrogens with one attached hydrogen (secondary N) is 2. The minimum absolute atomic E-state index is 0.0200. The van der Waals surface area contributed by atoms with Gasteiger partial charge in [0.15, 0.2) is 0 Å². The Labute approximate surface area is 88.2 Å². The van der Waals surface area contributed by atoms with E-state index >= 15 is 0 Å². The fourth-order valence-corrected chi connectivity index (χ4v) is 1.21. The van der Waals surface area contributed by atoms with Gasteiger partial charge in [-0.3, -0.25) is 4.79 Å². The molecule has 0 spiro atoms. The van der Waals surface area contributed by atoms with E-state index in [0.717, 1.165) is 0 Å². The summed E-state index contributed by atoms with van der Waals surface area (Å²) in [5.74, 6) is -0.401. The van der Waals surface area contributed by atoms with Crippen LogP contribution in [-0.4, -0.2) is 25.0 Å². The molecular weight excluding hydrogens is 196 g/mol. The summed E-state index contributed by atoms with van der Waals surface area (Å²) in [5.41, 5.74) is 1.05. The van der Waals surface area contributed by atoms with E-state index in [2.05, 4.69) is 10.6 Å². The van der Waals surface area contributed by atoms with E-state index in [4.69, 9.17) is 4.74 Å². The zero-order chi connectivity index (χ0) is 11.3. The van der Waals surface area contributed by atoms with Gasteiger partial charge in [0.05, 0.1) is 18.2 Å². The van der Waals surface area contributed by atoms with Crippen LogP contribution in [0.25, 0.3) is 0 Å². The summed E-state index contributed by atoms with van der Waals surface area (Å²) >= 11 is 0. The van der Waals surface area contributed by atoms with Gasteiger partial charge in [-0.25, -0.2) is 4.79 Å². The molecule has 0 fully saturated rings. The first-order valence-electron chi connectivity index (χ1n) is 4.74. The van der Waals surface area contributed by atoms with Crippen molar-refractivity contribution in [2.75, 3.05) is 6.61 Å². The van der Waals surface area contributed by atoms with Crippen LogP contribution in [0.4, 0.5) is 0 Å². The van der Waals surface area contributed by atoms with E-state index in [1.807, 2.05) is 6.92 Å². The summed E-state index contributed by atoms with van der Waals surface area (Å²) in [6.07, 6.45) is 3.77. The van der Waals surface area contributed by atoms with Gasteiger partial charge in [-0.2, -0.15) is 0 Å². The van der Waals surface area contributed by atoms with Gasteiger partial charge in [0.25, 0.3) is 0 Å². The lowest BCUT2D eigenvalue weighted by Gasteiger charge is -2.20. The number of dihydropyridines is 1. The SMILES string of the molecule is CCOC(=O)C1=CNC(C)C(NC=O)=C1. The predicted octanol–water partition coefficient (Wildman–Crippen LogP) is 0.0550. The van der Waals surface area contributed by atoms with Gasteiger partial charge >= 0.3 is 5.97 Å². The number of carbonyl (C=O) groups is 2. The molecule has 1 heterocycles. The van der Waals surface area contributed by atoms with E-state index in [-0.39, 0.29) is 6.04 Å². The first kappa shape index (κ1) is 11.3. The number of amides is 1. The molecular formula is C10H14N2O3. The third-order valence-corrected chi connectivity index (χ3v) is 2.00. The van der Waals surface area contributed by atoms with E-state index in [1.165, 1.54) is 0 Å². The van der Waals surface area contributed by atoms with Gasteiger partial charge in [-0.1, -0.05) is 0 Å². The Morgan fingerprint density at radius 1 is 1.73 bits per heavy atom. The smallest absolute Gasteiger partial charge is 0.339 e. The number of hydrogen-bond acceptors (Lipinski definition) is 4. The van der Waals surface area contributed by atoms with Gasteiger partial charge < -0.3 is 15.4 Å². The molecule has 5 heteroatoms. The molecule has 15 heavy (non-hydrogen) atoms. The van der Waals surface area contributed by atoms with Gasteiger partial charge in [-0.05, 0) is 19.9 Å². The normalized spacial score (nSPS) is 19.5. The van der Waals surface area contributed by atoms with E-state index < -0.39 is 5.97 Å². The maximum atomic E-state index is 11.4. The first-order chi connectivity index (χ1) is 7.19. The topological polar surface area (TPSA) is 67.4 Å². The van der Waals surface area contributed by atoms with Crippen molar-refractivity contribution in [2.45, 2.75) is 19.9 Å². The first-order valence-corrected chi connectivity index (χ1v) is 4.74. The van der Waals surface area contributed by atoms with Crippen molar-refractivity contribution < 1.29 is 14.3 Å². The lowest BCUT2D eigenvalue weighted by atomic mass is 10.1. The largest absolute Gasteiger partial charge is 0.462 e. The summed E-state index contributed by atoms with van der Waals surface area (Å²) in [5, 5.41) is 5.48. The third-order valence-electron chi connectivity index (χ3n) is 2.00. The zero-order valence-electron chi connectivity index (χ0n) is 8.74. The highest BCUT2D eigenvalue weighted by Crippen LogP contribution is 2.11. The van der Waals surface area contributed by atoms with Crippen LogP contribution in [0.15, 0.2) is 23.5 Å². The van der Waals surface area contributed by atoms with Crippen LogP contribution in [-0.2, 0) is 14.3 Å². The summed E-state index contributed by atoms with van der Waals surface area (Å²) in [6.45, 7) is 3.95. The Balaban J connectivity index is 2.76. The highest BCUT2D eigenvalue weighted by molar-refractivity contribution is 5.92. The second-order valence-electron chi connectivity index (χ2n) is 3.07. The Kier molecular flexibility index (Phi) is 3.91. The predicted molar refractivity (Wildman–Crippen MR) is 54.6 cm³/mol. The molecule has 0 saturated carbocycles. The molecule has 82 valence electrons. The fourth-order valence-electron chi connectivity index (χ4n) is 1.21.